The van der Waals surface area contributed by atoms with E-state index < -0.39 is 0 Å². The van der Waals surface area contributed by atoms with Crippen LogP contribution in [0.3, 0.4) is 0 Å². The van der Waals surface area contributed by atoms with Crippen molar-refractivity contribution >= 4 is 27.6 Å². The molecule has 0 aliphatic rings. The van der Waals surface area contributed by atoms with Crippen molar-refractivity contribution in [2.24, 2.45) is 0 Å². The summed E-state index contributed by atoms with van der Waals surface area (Å²) in [6.07, 6.45) is 2.29. The lowest BCUT2D eigenvalue weighted by atomic mass is 9.94. The molecular weight excluding hydrogens is 240 g/mol. The number of fused-ring (bicyclic) bond motifs is 3. The van der Waals surface area contributed by atoms with Gasteiger partial charge >= 0.3 is 0 Å². The van der Waals surface area contributed by atoms with Gasteiger partial charge in [-0.2, -0.15) is 0 Å². The molecule has 3 rings (SSSR count). The Balaban J connectivity index is 2.48. The van der Waals surface area contributed by atoms with E-state index in [4.69, 9.17) is 0 Å². The predicted octanol–water partition coefficient (Wildman–Crippen LogP) is 6.03. The van der Waals surface area contributed by atoms with Gasteiger partial charge < -0.3 is 0 Å². The first-order chi connectivity index (χ1) is 9.56. The topological polar surface area (TPSA) is 0 Å². The van der Waals surface area contributed by atoms with Crippen molar-refractivity contribution < 1.29 is 0 Å². The summed E-state index contributed by atoms with van der Waals surface area (Å²) in [6.45, 7) is 8.66. The fourth-order valence-electron chi connectivity index (χ4n) is 2.86. The van der Waals surface area contributed by atoms with Gasteiger partial charge in [-0.1, -0.05) is 59.7 Å². The van der Waals surface area contributed by atoms with Crippen molar-refractivity contribution in [3.63, 3.8) is 0 Å². The van der Waals surface area contributed by atoms with Crippen LogP contribution in [0.2, 0.25) is 0 Å². The minimum Gasteiger partial charge on any atom is -0.0758 e. The molecule has 0 heteroatoms. The van der Waals surface area contributed by atoms with E-state index in [1.807, 2.05) is 0 Å². The van der Waals surface area contributed by atoms with Crippen molar-refractivity contribution in [2.75, 3.05) is 0 Å². The standard InChI is InChI=1S/C20H20/c1-13(2)11-19-15(4)6-9-18-17(19)10-8-16-7-5-14(3)12-20(16)18/h5-12H,1-4H3. The molecule has 0 atom stereocenters. The van der Waals surface area contributed by atoms with E-state index in [9.17, 15) is 0 Å². The van der Waals surface area contributed by atoms with Gasteiger partial charge in [-0.15, -0.1) is 0 Å². The van der Waals surface area contributed by atoms with Gasteiger partial charge in [0.15, 0.2) is 0 Å². The average molecular weight is 260 g/mol. The Bertz CT molecular complexity index is 831. The fraction of sp³-hybridized carbons (Fsp3) is 0.200. The second-order valence-corrected chi connectivity index (χ2v) is 5.90. The third kappa shape index (κ3) is 2.12. The maximum Gasteiger partial charge on any atom is -0.00991 e. The van der Waals surface area contributed by atoms with E-state index in [1.165, 1.54) is 43.8 Å². The average Bonchev–Trinajstić information content (AvgIpc) is 2.41. The lowest BCUT2D eigenvalue weighted by molar-refractivity contribution is 1.40. The van der Waals surface area contributed by atoms with Gasteiger partial charge in [-0.05, 0) is 60.4 Å². The Labute approximate surface area is 120 Å². The smallest absolute Gasteiger partial charge is 0.00991 e. The number of benzene rings is 3. The van der Waals surface area contributed by atoms with Crippen LogP contribution < -0.4 is 0 Å². The highest BCUT2D eigenvalue weighted by Gasteiger charge is 2.06. The molecule has 0 heterocycles. The number of aryl methyl sites for hydroxylation is 2. The molecule has 100 valence electrons. The summed E-state index contributed by atoms with van der Waals surface area (Å²) >= 11 is 0. The normalized spacial score (nSPS) is 11.0. The summed E-state index contributed by atoms with van der Waals surface area (Å²) in [4.78, 5) is 0. The van der Waals surface area contributed by atoms with Gasteiger partial charge in [0.25, 0.3) is 0 Å². The largest absolute Gasteiger partial charge is 0.0758 e. The molecule has 0 fully saturated rings. The van der Waals surface area contributed by atoms with Crippen LogP contribution in [-0.2, 0) is 0 Å². The molecular formula is C20H20. The molecule has 0 nitrogen and oxygen atoms in total. The van der Waals surface area contributed by atoms with Gasteiger partial charge in [-0.25, -0.2) is 0 Å². The van der Waals surface area contributed by atoms with Gasteiger partial charge in [0, 0.05) is 0 Å². The molecule has 3 aromatic rings. The van der Waals surface area contributed by atoms with Crippen molar-refractivity contribution in [1.82, 2.24) is 0 Å². The first-order valence-electron chi connectivity index (χ1n) is 7.14. The molecule has 3 aromatic carbocycles. The quantitative estimate of drug-likeness (QED) is 0.468. The van der Waals surface area contributed by atoms with Gasteiger partial charge in [0.1, 0.15) is 0 Å². The zero-order valence-corrected chi connectivity index (χ0v) is 12.6. The zero-order valence-electron chi connectivity index (χ0n) is 12.6. The Morgan fingerprint density at radius 2 is 1.50 bits per heavy atom. The molecule has 0 saturated heterocycles. The summed E-state index contributed by atoms with van der Waals surface area (Å²) in [6, 6.07) is 15.7. The van der Waals surface area contributed by atoms with Crippen LogP contribution >= 0.6 is 0 Å². The third-order valence-electron chi connectivity index (χ3n) is 3.87. The van der Waals surface area contributed by atoms with Crippen LogP contribution in [0.25, 0.3) is 27.6 Å². The van der Waals surface area contributed by atoms with E-state index in [1.54, 1.807) is 0 Å². The zero-order chi connectivity index (χ0) is 14.3. The van der Waals surface area contributed by atoms with E-state index in [2.05, 4.69) is 76.2 Å². The van der Waals surface area contributed by atoms with Crippen LogP contribution in [-0.4, -0.2) is 0 Å². The molecule has 0 radical (unpaired) electrons. The van der Waals surface area contributed by atoms with Gasteiger partial charge in [0.05, 0.1) is 0 Å². The Morgan fingerprint density at radius 1 is 0.800 bits per heavy atom. The molecule has 0 saturated carbocycles. The molecule has 0 bridgehead atoms. The van der Waals surface area contributed by atoms with Crippen LogP contribution in [0.1, 0.15) is 30.5 Å². The van der Waals surface area contributed by atoms with E-state index in [0.29, 0.717) is 0 Å². The lowest BCUT2D eigenvalue weighted by Crippen LogP contribution is -1.87. The summed E-state index contributed by atoms with van der Waals surface area (Å²) in [7, 11) is 0. The molecule has 0 aliphatic heterocycles. The highest BCUT2D eigenvalue weighted by molar-refractivity contribution is 6.10. The van der Waals surface area contributed by atoms with E-state index in [0.717, 1.165) is 0 Å². The monoisotopic (exact) mass is 260 g/mol. The van der Waals surface area contributed by atoms with Crippen molar-refractivity contribution in [1.29, 1.82) is 0 Å². The molecule has 0 amide bonds. The molecule has 0 aromatic heterocycles. The molecule has 0 unspecified atom stereocenters. The summed E-state index contributed by atoms with van der Waals surface area (Å²) in [5, 5.41) is 5.37. The molecule has 0 spiro atoms. The first kappa shape index (κ1) is 12.9. The molecule has 20 heavy (non-hydrogen) atoms. The Morgan fingerprint density at radius 3 is 2.25 bits per heavy atom. The summed E-state index contributed by atoms with van der Waals surface area (Å²) < 4.78 is 0. The maximum atomic E-state index is 2.29. The summed E-state index contributed by atoms with van der Waals surface area (Å²) in [5.74, 6) is 0. The number of hydrogen-bond acceptors (Lipinski definition) is 0. The van der Waals surface area contributed by atoms with E-state index >= 15 is 0 Å². The highest BCUT2D eigenvalue weighted by atomic mass is 14.1. The number of hydrogen-bond donors (Lipinski definition) is 0. The summed E-state index contributed by atoms with van der Waals surface area (Å²) in [5.41, 5.74) is 5.34. The first-order valence-corrected chi connectivity index (χ1v) is 7.14. The minimum atomic E-state index is 1.31. The van der Waals surface area contributed by atoms with Crippen LogP contribution in [0.5, 0.6) is 0 Å². The number of rotatable bonds is 1. The van der Waals surface area contributed by atoms with Crippen molar-refractivity contribution in [3.8, 4) is 0 Å². The molecule has 0 aliphatic carbocycles. The fourth-order valence-corrected chi connectivity index (χ4v) is 2.86. The lowest BCUT2D eigenvalue weighted by Gasteiger charge is -2.10. The van der Waals surface area contributed by atoms with Crippen molar-refractivity contribution in [2.45, 2.75) is 27.7 Å². The minimum absolute atomic E-state index is 1.31. The second-order valence-electron chi connectivity index (χ2n) is 5.90. The molecule has 0 N–H and O–H groups in total. The Kier molecular flexibility index (Phi) is 3.10. The van der Waals surface area contributed by atoms with Crippen molar-refractivity contribution in [3.05, 3.63) is 64.7 Å². The SMILES string of the molecule is CC(C)=Cc1c(C)ccc2c1ccc1ccc(C)cc12. The predicted molar refractivity (Wildman–Crippen MR) is 90.3 cm³/mol. The maximum absolute atomic E-state index is 2.29. The van der Waals surface area contributed by atoms with E-state index in [-0.39, 0.29) is 0 Å². The third-order valence-corrected chi connectivity index (χ3v) is 3.87. The number of allylic oxidation sites excluding steroid dienone is 1. The van der Waals surface area contributed by atoms with Crippen LogP contribution in [0.15, 0.2) is 48.0 Å². The van der Waals surface area contributed by atoms with Crippen LogP contribution in [0.4, 0.5) is 0 Å². The Hall–Kier alpha value is -2.08. The second kappa shape index (κ2) is 4.79. The highest BCUT2D eigenvalue weighted by Crippen LogP contribution is 2.31. The van der Waals surface area contributed by atoms with Gasteiger partial charge in [0.2, 0.25) is 0 Å². The van der Waals surface area contributed by atoms with Gasteiger partial charge in [-0.3, -0.25) is 0 Å². The van der Waals surface area contributed by atoms with Crippen LogP contribution in [0, 0.1) is 13.8 Å².